The van der Waals surface area contributed by atoms with E-state index >= 15 is 0 Å². The van der Waals surface area contributed by atoms with Crippen molar-refractivity contribution in [3.8, 4) is 5.69 Å². The molecular formula is C15H13N3O2. The van der Waals surface area contributed by atoms with Crippen molar-refractivity contribution >= 4 is 17.0 Å². The minimum absolute atomic E-state index is 0.166. The Morgan fingerprint density at radius 2 is 1.95 bits per heavy atom. The fourth-order valence-corrected chi connectivity index (χ4v) is 2.18. The largest absolute Gasteiger partial charge is 0.478 e. The summed E-state index contributed by atoms with van der Waals surface area (Å²) in [4.78, 5) is 11.2. The van der Waals surface area contributed by atoms with Gasteiger partial charge in [0.05, 0.1) is 16.8 Å². The summed E-state index contributed by atoms with van der Waals surface area (Å²) in [7, 11) is 0. The first-order valence-corrected chi connectivity index (χ1v) is 6.37. The van der Waals surface area contributed by atoms with Crippen molar-refractivity contribution in [3.63, 3.8) is 0 Å². The Morgan fingerprint density at radius 3 is 2.60 bits per heavy atom. The van der Waals surface area contributed by atoms with Gasteiger partial charge in [-0.2, -0.15) is 0 Å². The molecule has 0 atom stereocenters. The van der Waals surface area contributed by atoms with Gasteiger partial charge in [0.2, 0.25) is 0 Å². The molecule has 0 amide bonds. The third-order valence-corrected chi connectivity index (χ3v) is 3.30. The summed E-state index contributed by atoms with van der Waals surface area (Å²) in [6.07, 6.45) is 0.974. The van der Waals surface area contributed by atoms with E-state index in [1.807, 2.05) is 30.3 Å². The van der Waals surface area contributed by atoms with Gasteiger partial charge in [0.25, 0.3) is 0 Å². The summed E-state index contributed by atoms with van der Waals surface area (Å²) in [6, 6.07) is 13.0. The molecule has 0 saturated heterocycles. The monoisotopic (exact) mass is 267 g/mol. The molecule has 0 aliphatic carbocycles. The zero-order valence-corrected chi connectivity index (χ0v) is 10.9. The number of hydrogen-bond acceptors (Lipinski definition) is 3. The number of nitrogens with zero attached hydrogens (tertiary/aromatic N) is 3. The molecule has 5 heteroatoms. The minimum Gasteiger partial charge on any atom is -0.478 e. The van der Waals surface area contributed by atoms with Crippen LogP contribution < -0.4 is 0 Å². The predicted molar refractivity (Wildman–Crippen MR) is 75.2 cm³/mol. The highest BCUT2D eigenvalue weighted by Crippen LogP contribution is 2.20. The van der Waals surface area contributed by atoms with Gasteiger partial charge in [0.1, 0.15) is 5.52 Å². The Morgan fingerprint density at radius 1 is 1.20 bits per heavy atom. The Bertz CT molecular complexity index is 775. The summed E-state index contributed by atoms with van der Waals surface area (Å²) in [5, 5.41) is 17.2. The van der Waals surface area contributed by atoms with E-state index in [4.69, 9.17) is 5.11 Å². The highest BCUT2D eigenvalue weighted by Gasteiger charge is 2.14. The molecule has 2 aromatic carbocycles. The SMILES string of the molecule is CCc1ccc(-n2nnc3c(C(=O)O)cccc32)cc1. The summed E-state index contributed by atoms with van der Waals surface area (Å²) < 4.78 is 1.65. The number of fused-ring (bicyclic) bond motifs is 1. The highest BCUT2D eigenvalue weighted by atomic mass is 16.4. The third kappa shape index (κ3) is 1.93. The van der Waals surface area contributed by atoms with Crippen LogP contribution in [0.5, 0.6) is 0 Å². The lowest BCUT2D eigenvalue weighted by atomic mass is 10.1. The molecule has 0 radical (unpaired) electrons. The van der Waals surface area contributed by atoms with Gasteiger partial charge in [0.15, 0.2) is 0 Å². The molecule has 0 saturated carbocycles. The van der Waals surface area contributed by atoms with Crippen molar-refractivity contribution in [1.82, 2.24) is 15.0 Å². The fourth-order valence-electron chi connectivity index (χ4n) is 2.18. The summed E-state index contributed by atoms with van der Waals surface area (Å²) in [6.45, 7) is 2.10. The van der Waals surface area contributed by atoms with Gasteiger partial charge in [-0.3, -0.25) is 0 Å². The first kappa shape index (κ1) is 12.3. The van der Waals surface area contributed by atoms with E-state index in [2.05, 4.69) is 17.2 Å². The van der Waals surface area contributed by atoms with E-state index in [0.717, 1.165) is 12.1 Å². The average Bonchev–Trinajstić information content (AvgIpc) is 2.91. The predicted octanol–water partition coefficient (Wildman–Crippen LogP) is 2.68. The van der Waals surface area contributed by atoms with Gasteiger partial charge in [-0.15, -0.1) is 5.10 Å². The first-order valence-electron chi connectivity index (χ1n) is 6.37. The Balaban J connectivity index is 2.17. The maximum Gasteiger partial charge on any atom is 0.338 e. The Kier molecular flexibility index (Phi) is 2.95. The van der Waals surface area contributed by atoms with Crippen LogP contribution >= 0.6 is 0 Å². The molecule has 0 fully saturated rings. The van der Waals surface area contributed by atoms with Crippen molar-refractivity contribution < 1.29 is 9.90 Å². The number of carboxylic acids is 1. The van der Waals surface area contributed by atoms with E-state index in [1.54, 1.807) is 10.7 Å². The molecule has 0 aliphatic heterocycles. The lowest BCUT2D eigenvalue weighted by Gasteiger charge is -2.03. The lowest BCUT2D eigenvalue weighted by molar-refractivity contribution is 0.0699. The molecule has 100 valence electrons. The molecule has 1 aromatic heterocycles. The number of aryl methyl sites for hydroxylation is 1. The number of carbonyl (C=O) groups is 1. The van der Waals surface area contributed by atoms with E-state index in [0.29, 0.717) is 11.0 Å². The Hall–Kier alpha value is -2.69. The molecule has 0 bridgehead atoms. The number of aromatic carboxylic acids is 1. The summed E-state index contributed by atoms with van der Waals surface area (Å²) >= 11 is 0. The van der Waals surface area contributed by atoms with Gasteiger partial charge in [-0.25, -0.2) is 9.48 Å². The van der Waals surface area contributed by atoms with E-state index in [-0.39, 0.29) is 5.56 Å². The van der Waals surface area contributed by atoms with Crippen LogP contribution in [0.3, 0.4) is 0 Å². The molecule has 0 unspecified atom stereocenters. The van der Waals surface area contributed by atoms with Gasteiger partial charge in [0, 0.05) is 0 Å². The normalized spacial score (nSPS) is 10.8. The number of aromatic nitrogens is 3. The fraction of sp³-hybridized carbons (Fsp3) is 0.133. The maximum absolute atomic E-state index is 11.2. The second-order valence-corrected chi connectivity index (χ2v) is 4.50. The maximum atomic E-state index is 11.2. The molecule has 0 spiro atoms. The zero-order valence-electron chi connectivity index (χ0n) is 10.9. The molecule has 5 nitrogen and oxygen atoms in total. The summed E-state index contributed by atoms with van der Waals surface area (Å²) in [5.41, 5.74) is 3.37. The van der Waals surface area contributed by atoms with Gasteiger partial charge in [-0.1, -0.05) is 30.3 Å². The molecule has 0 aliphatic rings. The lowest BCUT2D eigenvalue weighted by Crippen LogP contribution is -1.98. The third-order valence-electron chi connectivity index (χ3n) is 3.30. The standard InChI is InChI=1S/C15H13N3O2/c1-2-10-6-8-11(9-7-10)18-13-5-3-4-12(15(19)20)14(13)16-17-18/h3-9H,2H2,1H3,(H,19,20). The number of hydrogen-bond donors (Lipinski definition) is 1. The van der Waals surface area contributed by atoms with E-state index < -0.39 is 5.97 Å². The van der Waals surface area contributed by atoms with Crippen molar-refractivity contribution in [3.05, 3.63) is 53.6 Å². The van der Waals surface area contributed by atoms with E-state index in [1.165, 1.54) is 11.6 Å². The van der Waals surface area contributed by atoms with E-state index in [9.17, 15) is 4.79 Å². The molecule has 3 rings (SSSR count). The first-order chi connectivity index (χ1) is 9.70. The second kappa shape index (κ2) is 4.77. The number of benzene rings is 2. The van der Waals surface area contributed by atoms with Crippen LogP contribution in [0.2, 0.25) is 0 Å². The van der Waals surface area contributed by atoms with Gasteiger partial charge in [-0.05, 0) is 36.2 Å². The van der Waals surface area contributed by atoms with Gasteiger partial charge >= 0.3 is 5.97 Å². The van der Waals surface area contributed by atoms with Crippen LogP contribution in [0.25, 0.3) is 16.7 Å². The zero-order chi connectivity index (χ0) is 14.1. The van der Waals surface area contributed by atoms with Crippen LogP contribution in [0.15, 0.2) is 42.5 Å². The van der Waals surface area contributed by atoms with Crippen LogP contribution in [0.4, 0.5) is 0 Å². The summed E-state index contributed by atoms with van der Waals surface area (Å²) in [5.74, 6) is -0.996. The molecule has 1 heterocycles. The van der Waals surface area contributed by atoms with Crippen LogP contribution in [-0.4, -0.2) is 26.1 Å². The van der Waals surface area contributed by atoms with Gasteiger partial charge < -0.3 is 5.11 Å². The quantitative estimate of drug-likeness (QED) is 0.792. The highest BCUT2D eigenvalue weighted by molar-refractivity contribution is 6.00. The van der Waals surface area contributed by atoms with Crippen molar-refractivity contribution in [1.29, 1.82) is 0 Å². The minimum atomic E-state index is -0.996. The average molecular weight is 267 g/mol. The number of rotatable bonds is 3. The van der Waals surface area contributed by atoms with Crippen molar-refractivity contribution in [2.75, 3.05) is 0 Å². The number of carboxylic acid groups (broad SMARTS) is 1. The molecular weight excluding hydrogens is 254 g/mol. The molecule has 20 heavy (non-hydrogen) atoms. The molecule has 1 N–H and O–H groups in total. The van der Waals surface area contributed by atoms with Crippen LogP contribution in [0, 0.1) is 0 Å². The van der Waals surface area contributed by atoms with Crippen LogP contribution in [0.1, 0.15) is 22.8 Å². The van der Waals surface area contributed by atoms with Crippen molar-refractivity contribution in [2.45, 2.75) is 13.3 Å². The van der Waals surface area contributed by atoms with Crippen LogP contribution in [-0.2, 0) is 6.42 Å². The Labute approximate surface area is 115 Å². The molecule has 3 aromatic rings. The topological polar surface area (TPSA) is 68.0 Å². The van der Waals surface area contributed by atoms with Crippen molar-refractivity contribution in [2.24, 2.45) is 0 Å². The smallest absolute Gasteiger partial charge is 0.338 e. The second-order valence-electron chi connectivity index (χ2n) is 4.50.